The molecule has 0 unspecified atom stereocenters. The summed E-state index contributed by atoms with van der Waals surface area (Å²) < 4.78 is 10.5. The zero-order valence-electron chi connectivity index (χ0n) is 13.6. The Balaban J connectivity index is 1.81. The third-order valence-electron chi connectivity index (χ3n) is 4.45. The van der Waals surface area contributed by atoms with E-state index in [4.69, 9.17) is 9.26 Å². The Morgan fingerprint density at radius 3 is 3.04 bits per heavy atom. The highest BCUT2D eigenvalue weighted by molar-refractivity contribution is 5.92. The van der Waals surface area contributed by atoms with Gasteiger partial charge in [0.05, 0.1) is 7.11 Å². The third kappa shape index (κ3) is 3.23. The predicted molar refractivity (Wildman–Crippen MR) is 87.5 cm³/mol. The zero-order chi connectivity index (χ0) is 16.2. The van der Waals surface area contributed by atoms with E-state index in [2.05, 4.69) is 12.1 Å². The van der Waals surface area contributed by atoms with Gasteiger partial charge in [0.2, 0.25) is 5.76 Å². The van der Waals surface area contributed by atoms with Crippen molar-refractivity contribution < 1.29 is 14.1 Å². The van der Waals surface area contributed by atoms with Crippen molar-refractivity contribution in [2.45, 2.75) is 38.6 Å². The molecule has 0 aliphatic carbocycles. The van der Waals surface area contributed by atoms with E-state index in [0.717, 1.165) is 37.1 Å². The van der Waals surface area contributed by atoms with Gasteiger partial charge in [0.25, 0.3) is 5.91 Å². The maximum Gasteiger partial charge on any atom is 0.292 e. The lowest BCUT2D eigenvalue weighted by molar-refractivity contribution is 0.0566. The molecular weight excluding hydrogens is 292 g/mol. The van der Waals surface area contributed by atoms with Crippen molar-refractivity contribution in [3.63, 3.8) is 0 Å². The molecule has 122 valence electrons. The van der Waals surface area contributed by atoms with Crippen LogP contribution in [0.1, 0.15) is 43.2 Å². The van der Waals surface area contributed by atoms with E-state index in [1.165, 1.54) is 6.42 Å². The van der Waals surface area contributed by atoms with Crippen LogP contribution >= 0.6 is 0 Å². The van der Waals surface area contributed by atoms with E-state index in [-0.39, 0.29) is 5.91 Å². The smallest absolute Gasteiger partial charge is 0.292 e. The largest absolute Gasteiger partial charge is 0.497 e. The van der Waals surface area contributed by atoms with Crippen LogP contribution in [0.3, 0.4) is 0 Å². The number of amides is 1. The number of hydrogen-bond donors (Lipinski definition) is 0. The SMILES string of the molecule is CC[C@H]1CCCCN1C(=O)c1cc(-c2cccc(OC)c2)no1. The Labute approximate surface area is 136 Å². The lowest BCUT2D eigenvalue weighted by atomic mass is 9.99. The second-order valence-corrected chi connectivity index (χ2v) is 5.86. The van der Waals surface area contributed by atoms with Gasteiger partial charge in [0.1, 0.15) is 11.4 Å². The second kappa shape index (κ2) is 6.86. The van der Waals surface area contributed by atoms with Gasteiger partial charge in [-0.3, -0.25) is 4.79 Å². The summed E-state index contributed by atoms with van der Waals surface area (Å²) >= 11 is 0. The number of carbonyl (C=O) groups is 1. The number of piperidine rings is 1. The van der Waals surface area contributed by atoms with Crippen LogP contribution in [-0.4, -0.2) is 35.7 Å². The number of ether oxygens (including phenoxy) is 1. The Kier molecular flexibility index (Phi) is 4.65. The molecule has 1 fully saturated rings. The monoisotopic (exact) mass is 314 g/mol. The minimum absolute atomic E-state index is 0.0572. The molecule has 1 saturated heterocycles. The van der Waals surface area contributed by atoms with Gasteiger partial charge in [-0.25, -0.2) is 0 Å². The fraction of sp³-hybridized carbons (Fsp3) is 0.444. The van der Waals surface area contributed by atoms with E-state index >= 15 is 0 Å². The first kappa shape index (κ1) is 15.6. The van der Waals surface area contributed by atoms with Crippen LogP contribution in [0.2, 0.25) is 0 Å². The van der Waals surface area contributed by atoms with Gasteiger partial charge in [-0.15, -0.1) is 0 Å². The highest BCUT2D eigenvalue weighted by Crippen LogP contribution is 2.26. The van der Waals surface area contributed by atoms with Crippen LogP contribution in [0.5, 0.6) is 5.75 Å². The van der Waals surface area contributed by atoms with Crippen molar-refractivity contribution in [2.75, 3.05) is 13.7 Å². The molecule has 1 aromatic heterocycles. The van der Waals surface area contributed by atoms with Crippen molar-refractivity contribution in [3.05, 3.63) is 36.1 Å². The highest BCUT2D eigenvalue weighted by Gasteiger charge is 2.28. The van der Waals surface area contributed by atoms with Crippen molar-refractivity contribution in [3.8, 4) is 17.0 Å². The van der Waals surface area contributed by atoms with E-state index in [9.17, 15) is 4.79 Å². The molecule has 5 nitrogen and oxygen atoms in total. The number of methoxy groups -OCH3 is 1. The fourth-order valence-corrected chi connectivity index (χ4v) is 3.13. The van der Waals surface area contributed by atoms with E-state index in [0.29, 0.717) is 17.5 Å². The molecule has 1 aromatic carbocycles. The molecule has 0 N–H and O–H groups in total. The lowest BCUT2D eigenvalue weighted by Crippen LogP contribution is -2.43. The van der Waals surface area contributed by atoms with Crippen molar-refractivity contribution in [1.82, 2.24) is 10.1 Å². The molecule has 23 heavy (non-hydrogen) atoms. The molecule has 1 aliphatic rings. The predicted octanol–water partition coefficient (Wildman–Crippen LogP) is 3.75. The minimum atomic E-state index is -0.0572. The van der Waals surface area contributed by atoms with Crippen molar-refractivity contribution in [2.24, 2.45) is 0 Å². The lowest BCUT2D eigenvalue weighted by Gasteiger charge is -2.34. The summed E-state index contributed by atoms with van der Waals surface area (Å²) in [6, 6.07) is 9.59. The molecular formula is C18H22N2O3. The maximum atomic E-state index is 12.7. The van der Waals surface area contributed by atoms with Crippen LogP contribution in [0, 0.1) is 0 Å². The van der Waals surface area contributed by atoms with Gasteiger partial charge in [0, 0.05) is 24.2 Å². The molecule has 0 radical (unpaired) electrons. The van der Waals surface area contributed by atoms with Gasteiger partial charge in [-0.05, 0) is 37.8 Å². The summed E-state index contributed by atoms with van der Waals surface area (Å²) in [5.41, 5.74) is 1.52. The van der Waals surface area contributed by atoms with Crippen molar-refractivity contribution in [1.29, 1.82) is 0 Å². The van der Waals surface area contributed by atoms with E-state index < -0.39 is 0 Å². The fourth-order valence-electron chi connectivity index (χ4n) is 3.13. The zero-order valence-corrected chi connectivity index (χ0v) is 13.6. The Morgan fingerprint density at radius 1 is 1.39 bits per heavy atom. The number of hydrogen-bond acceptors (Lipinski definition) is 4. The number of rotatable bonds is 4. The number of benzene rings is 1. The summed E-state index contributed by atoms with van der Waals surface area (Å²) in [5, 5.41) is 4.05. The van der Waals surface area contributed by atoms with E-state index in [1.807, 2.05) is 29.2 Å². The second-order valence-electron chi connectivity index (χ2n) is 5.86. The standard InChI is InChI=1S/C18H22N2O3/c1-3-14-8-4-5-10-20(14)18(21)17-12-16(19-23-17)13-7-6-9-15(11-13)22-2/h6-7,9,11-12,14H,3-5,8,10H2,1-2H3/t14-/m0/s1. The topological polar surface area (TPSA) is 55.6 Å². The Morgan fingerprint density at radius 2 is 2.26 bits per heavy atom. The maximum absolute atomic E-state index is 12.7. The Hall–Kier alpha value is -2.30. The van der Waals surface area contributed by atoms with Gasteiger partial charge in [-0.2, -0.15) is 0 Å². The summed E-state index contributed by atoms with van der Waals surface area (Å²) in [7, 11) is 1.62. The molecule has 0 spiro atoms. The minimum Gasteiger partial charge on any atom is -0.497 e. The average molecular weight is 314 g/mol. The van der Waals surface area contributed by atoms with Gasteiger partial charge < -0.3 is 14.2 Å². The molecule has 3 rings (SSSR count). The molecule has 1 amide bonds. The van der Waals surface area contributed by atoms with Crippen LogP contribution in [0.15, 0.2) is 34.9 Å². The average Bonchev–Trinajstić information content (AvgIpc) is 3.11. The molecule has 0 saturated carbocycles. The first-order valence-corrected chi connectivity index (χ1v) is 8.15. The molecule has 2 heterocycles. The number of carbonyl (C=O) groups excluding carboxylic acids is 1. The molecule has 1 aliphatic heterocycles. The van der Waals surface area contributed by atoms with Crippen LogP contribution < -0.4 is 4.74 Å². The Bertz CT molecular complexity index is 680. The summed E-state index contributed by atoms with van der Waals surface area (Å²) in [5.74, 6) is 1.00. The number of nitrogens with zero attached hydrogens (tertiary/aromatic N) is 2. The van der Waals surface area contributed by atoms with Crippen LogP contribution in [-0.2, 0) is 0 Å². The van der Waals surface area contributed by atoms with Gasteiger partial charge in [-0.1, -0.05) is 24.2 Å². The quantitative estimate of drug-likeness (QED) is 0.862. The summed E-state index contributed by atoms with van der Waals surface area (Å²) in [6.07, 6.45) is 4.29. The van der Waals surface area contributed by atoms with Gasteiger partial charge in [0.15, 0.2) is 0 Å². The molecule has 2 aromatic rings. The number of likely N-dealkylation sites (tertiary alicyclic amines) is 1. The van der Waals surface area contributed by atoms with Crippen LogP contribution in [0.4, 0.5) is 0 Å². The highest BCUT2D eigenvalue weighted by atomic mass is 16.5. The third-order valence-corrected chi connectivity index (χ3v) is 4.45. The molecule has 5 heteroatoms. The normalized spacial score (nSPS) is 18.0. The first-order valence-electron chi connectivity index (χ1n) is 8.15. The summed E-state index contributed by atoms with van der Waals surface area (Å²) in [6.45, 7) is 2.92. The van der Waals surface area contributed by atoms with Gasteiger partial charge >= 0.3 is 0 Å². The van der Waals surface area contributed by atoms with E-state index in [1.54, 1.807) is 13.2 Å². The molecule has 1 atom stereocenters. The molecule has 0 bridgehead atoms. The first-order chi connectivity index (χ1) is 11.2. The van der Waals surface area contributed by atoms with Crippen molar-refractivity contribution >= 4 is 5.91 Å². The summed E-state index contributed by atoms with van der Waals surface area (Å²) in [4.78, 5) is 14.6. The van der Waals surface area contributed by atoms with Crippen LogP contribution in [0.25, 0.3) is 11.3 Å². The number of aromatic nitrogens is 1.